The van der Waals surface area contributed by atoms with Crippen LogP contribution in [0.3, 0.4) is 0 Å². The lowest BCUT2D eigenvalue weighted by atomic mass is 10.2. The third-order valence-electron chi connectivity index (χ3n) is 3.99. The molecule has 2 atom stereocenters. The number of benzene rings is 1. The molecular weight excluding hydrogens is 266 g/mol. The smallest absolute Gasteiger partial charge is 0.228 e. The molecule has 6 nitrogen and oxygen atoms in total. The average Bonchev–Trinajstić information content (AvgIpc) is 2.93. The number of nitrogens with zero attached hydrogens (tertiary/aromatic N) is 3. The van der Waals surface area contributed by atoms with E-state index in [4.69, 9.17) is 0 Å². The van der Waals surface area contributed by atoms with Crippen molar-refractivity contribution in [2.45, 2.75) is 12.3 Å². The van der Waals surface area contributed by atoms with E-state index in [9.17, 15) is 4.79 Å². The van der Waals surface area contributed by atoms with E-state index in [1.165, 1.54) is 0 Å². The number of fused-ring (bicyclic) bond motifs is 1. The number of rotatable bonds is 3. The zero-order valence-electron chi connectivity index (χ0n) is 11.6. The van der Waals surface area contributed by atoms with Gasteiger partial charge < -0.3 is 5.32 Å². The van der Waals surface area contributed by atoms with Crippen LogP contribution in [-0.2, 0) is 11.8 Å². The fourth-order valence-electron chi connectivity index (χ4n) is 2.74. The Morgan fingerprint density at radius 3 is 3.14 bits per heavy atom. The first-order chi connectivity index (χ1) is 10.2. The molecule has 0 saturated heterocycles. The lowest BCUT2D eigenvalue weighted by Crippen LogP contribution is -2.14. The van der Waals surface area contributed by atoms with Crippen LogP contribution < -0.4 is 5.32 Å². The molecule has 2 heterocycles. The van der Waals surface area contributed by atoms with Gasteiger partial charge in [-0.05, 0) is 36.1 Å². The van der Waals surface area contributed by atoms with E-state index in [0.717, 1.165) is 28.6 Å². The topological polar surface area (TPSA) is 75.6 Å². The van der Waals surface area contributed by atoms with Gasteiger partial charge in [-0.2, -0.15) is 10.2 Å². The number of aromatic nitrogens is 4. The van der Waals surface area contributed by atoms with Crippen LogP contribution in [0.5, 0.6) is 0 Å². The molecule has 1 aliphatic carbocycles. The van der Waals surface area contributed by atoms with Crippen molar-refractivity contribution in [1.29, 1.82) is 0 Å². The number of amides is 1. The maximum atomic E-state index is 12.3. The summed E-state index contributed by atoms with van der Waals surface area (Å²) in [6.45, 7) is 0. The molecule has 3 aromatic rings. The van der Waals surface area contributed by atoms with Crippen molar-refractivity contribution in [2.75, 3.05) is 5.32 Å². The van der Waals surface area contributed by atoms with Crippen LogP contribution >= 0.6 is 0 Å². The minimum Gasteiger partial charge on any atom is -0.326 e. The van der Waals surface area contributed by atoms with Crippen LogP contribution in [-0.4, -0.2) is 25.9 Å². The number of carbonyl (C=O) groups is 1. The Labute approximate surface area is 121 Å². The predicted molar refractivity (Wildman–Crippen MR) is 78.8 cm³/mol. The molecule has 6 heteroatoms. The van der Waals surface area contributed by atoms with E-state index in [1.54, 1.807) is 10.9 Å². The van der Waals surface area contributed by atoms with Crippen molar-refractivity contribution in [3.8, 4) is 0 Å². The summed E-state index contributed by atoms with van der Waals surface area (Å²) < 4.78 is 1.77. The van der Waals surface area contributed by atoms with Gasteiger partial charge in [-0.15, -0.1) is 0 Å². The summed E-state index contributed by atoms with van der Waals surface area (Å²) in [4.78, 5) is 12.3. The molecular formula is C15H15N5O. The SMILES string of the molecule is Cn1cc([C@@H]2C[C@H]2C(=O)Nc2ccc3[nH]ncc3c2)cn1. The lowest BCUT2D eigenvalue weighted by Gasteiger charge is -2.04. The van der Waals surface area contributed by atoms with E-state index in [-0.39, 0.29) is 11.8 Å². The molecule has 0 radical (unpaired) electrons. The first kappa shape index (κ1) is 12.1. The van der Waals surface area contributed by atoms with Crippen molar-refractivity contribution >= 4 is 22.5 Å². The standard InChI is InChI=1S/C15H15N5O/c1-20-8-10(7-17-20)12-5-13(12)15(21)18-11-2-3-14-9(4-11)6-16-19-14/h2-4,6-8,12-13H,5H2,1H3,(H,16,19)(H,18,21)/t12-,13+/m0/s1. The first-order valence-electron chi connectivity index (χ1n) is 6.93. The number of hydrogen-bond acceptors (Lipinski definition) is 3. The molecule has 0 bridgehead atoms. The summed E-state index contributed by atoms with van der Waals surface area (Å²) in [6.07, 6.45) is 6.47. The van der Waals surface area contributed by atoms with Gasteiger partial charge in [0, 0.05) is 30.2 Å². The van der Waals surface area contributed by atoms with Crippen LogP contribution in [0.4, 0.5) is 5.69 Å². The van der Waals surface area contributed by atoms with Crippen LogP contribution in [0.2, 0.25) is 0 Å². The van der Waals surface area contributed by atoms with Crippen LogP contribution in [0, 0.1) is 5.92 Å². The zero-order chi connectivity index (χ0) is 14.4. The minimum atomic E-state index is 0.0502. The van der Waals surface area contributed by atoms with Crippen LogP contribution in [0.25, 0.3) is 10.9 Å². The summed E-state index contributed by atoms with van der Waals surface area (Å²) in [5.74, 6) is 0.428. The third-order valence-corrected chi connectivity index (χ3v) is 3.99. The molecule has 2 aromatic heterocycles. The summed E-state index contributed by atoms with van der Waals surface area (Å²) >= 11 is 0. The second kappa shape index (κ2) is 4.44. The normalized spacial score (nSPS) is 20.6. The summed E-state index contributed by atoms with van der Waals surface area (Å²) in [5.41, 5.74) is 2.92. The Bertz CT molecular complexity index is 818. The largest absolute Gasteiger partial charge is 0.326 e. The molecule has 21 heavy (non-hydrogen) atoms. The van der Waals surface area contributed by atoms with Crippen LogP contribution in [0.1, 0.15) is 17.9 Å². The van der Waals surface area contributed by atoms with E-state index < -0.39 is 0 Å². The molecule has 1 fully saturated rings. The van der Waals surface area contributed by atoms with Gasteiger partial charge in [-0.1, -0.05) is 0 Å². The summed E-state index contributed by atoms with van der Waals surface area (Å²) in [6, 6.07) is 5.74. The highest BCUT2D eigenvalue weighted by molar-refractivity contribution is 5.97. The maximum Gasteiger partial charge on any atom is 0.228 e. The second-order valence-electron chi connectivity index (χ2n) is 5.56. The van der Waals surface area contributed by atoms with Gasteiger partial charge in [0.25, 0.3) is 0 Å². The Morgan fingerprint density at radius 2 is 2.33 bits per heavy atom. The molecule has 4 rings (SSSR count). The van der Waals surface area contributed by atoms with Crippen molar-refractivity contribution in [3.63, 3.8) is 0 Å². The fourth-order valence-corrected chi connectivity index (χ4v) is 2.74. The Kier molecular flexibility index (Phi) is 2.57. The highest BCUT2D eigenvalue weighted by Gasteiger charge is 2.44. The molecule has 1 aromatic carbocycles. The molecule has 1 amide bonds. The fraction of sp³-hybridized carbons (Fsp3) is 0.267. The van der Waals surface area contributed by atoms with E-state index in [0.29, 0.717) is 5.92 Å². The Hall–Kier alpha value is -2.63. The number of carbonyl (C=O) groups excluding carboxylic acids is 1. The van der Waals surface area contributed by atoms with Gasteiger partial charge in [-0.3, -0.25) is 14.6 Å². The van der Waals surface area contributed by atoms with E-state index >= 15 is 0 Å². The lowest BCUT2D eigenvalue weighted by molar-refractivity contribution is -0.117. The Balaban J connectivity index is 1.46. The van der Waals surface area contributed by atoms with E-state index in [1.807, 2.05) is 37.6 Å². The third kappa shape index (κ3) is 2.18. The van der Waals surface area contributed by atoms with Gasteiger partial charge in [0.1, 0.15) is 0 Å². The quantitative estimate of drug-likeness (QED) is 0.771. The van der Waals surface area contributed by atoms with E-state index in [2.05, 4.69) is 20.6 Å². The van der Waals surface area contributed by atoms with Gasteiger partial charge in [0.15, 0.2) is 0 Å². The monoisotopic (exact) mass is 281 g/mol. The van der Waals surface area contributed by atoms with Crippen molar-refractivity contribution < 1.29 is 4.79 Å². The van der Waals surface area contributed by atoms with Crippen molar-refractivity contribution in [3.05, 3.63) is 42.4 Å². The van der Waals surface area contributed by atoms with Gasteiger partial charge >= 0.3 is 0 Å². The molecule has 2 N–H and O–H groups in total. The zero-order valence-corrected chi connectivity index (χ0v) is 11.6. The van der Waals surface area contributed by atoms with Crippen LogP contribution in [0.15, 0.2) is 36.8 Å². The number of hydrogen-bond donors (Lipinski definition) is 2. The molecule has 0 unspecified atom stereocenters. The van der Waals surface area contributed by atoms with Gasteiger partial charge in [-0.25, -0.2) is 0 Å². The maximum absolute atomic E-state index is 12.3. The number of anilines is 1. The highest BCUT2D eigenvalue weighted by Crippen LogP contribution is 2.47. The van der Waals surface area contributed by atoms with Gasteiger partial charge in [0.05, 0.1) is 17.9 Å². The summed E-state index contributed by atoms with van der Waals surface area (Å²) in [7, 11) is 1.89. The number of aryl methyl sites for hydroxylation is 1. The molecule has 1 saturated carbocycles. The predicted octanol–water partition coefficient (Wildman–Crippen LogP) is 2.04. The number of H-pyrrole nitrogens is 1. The van der Waals surface area contributed by atoms with Crippen molar-refractivity contribution in [2.24, 2.45) is 13.0 Å². The molecule has 1 aliphatic rings. The molecule has 106 valence electrons. The number of nitrogens with one attached hydrogen (secondary N) is 2. The average molecular weight is 281 g/mol. The van der Waals surface area contributed by atoms with Crippen molar-refractivity contribution in [1.82, 2.24) is 20.0 Å². The first-order valence-corrected chi connectivity index (χ1v) is 6.93. The molecule has 0 aliphatic heterocycles. The second-order valence-corrected chi connectivity index (χ2v) is 5.56. The highest BCUT2D eigenvalue weighted by atomic mass is 16.2. The Morgan fingerprint density at radius 1 is 1.43 bits per heavy atom. The summed E-state index contributed by atoms with van der Waals surface area (Å²) in [5, 5.41) is 15.0. The molecule has 0 spiro atoms. The van der Waals surface area contributed by atoms with Gasteiger partial charge in [0.2, 0.25) is 5.91 Å². The number of aromatic amines is 1. The minimum absolute atomic E-state index is 0.0502.